The molecule has 0 unspecified atom stereocenters. The van der Waals surface area contributed by atoms with Crippen LogP contribution >= 0.6 is 11.3 Å². The van der Waals surface area contributed by atoms with Gasteiger partial charge in [-0.05, 0) is 13.0 Å². The van der Waals surface area contributed by atoms with Crippen LogP contribution in [0.2, 0.25) is 0 Å². The lowest BCUT2D eigenvalue weighted by atomic mass is 10.2. The van der Waals surface area contributed by atoms with Crippen LogP contribution in [0.25, 0.3) is 0 Å². The van der Waals surface area contributed by atoms with Crippen LogP contribution in [0.4, 0.5) is 0 Å². The molecule has 0 fully saturated rings. The first kappa shape index (κ1) is 13.5. The van der Waals surface area contributed by atoms with E-state index < -0.39 is 0 Å². The number of aromatic nitrogens is 1. The number of rotatable bonds is 5. The summed E-state index contributed by atoms with van der Waals surface area (Å²) in [4.78, 5) is 17.8. The molecule has 1 aromatic heterocycles. The summed E-state index contributed by atoms with van der Waals surface area (Å²) in [5.74, 6) is 0.746. The van der Waals surface area contributed by atoms with Crippen LogP contribution in [0.15, 0.2) is 35.2 Å². The quantitative estimate of drug-likeness (QED) is 0.843. The summed E-state index contributed by atoms with van der Waals surface area (Å²) >= 11 is 1.42. The number of hydrogen-bond acceptors (Lipinski definition) is 4. The Morgan fingerprint density at radius 3 is 2.89 bits per heavy atom. The molecule has 5 heteroatoms. The second-order valence-corrected chi connectivity index (χ2v) is 4.79. The minimum Gasteiger partial charge on any atom is -0.494 e. The Hall–Kier alpha value is -1.88. The summed E-state index contributed by atoms with van der Waals surface area (Å²) in [6.45, 7) is 3.06. The molecule has 0 saturated carbocycles. The zero-order chi connectivity index (χ0) is 13.7. The van der Waals surface area contributed by atoms with Crippen molar-refractivity contribution in [2.75, 3.05) is 13.7 Å². The molecule has 2 aromatic rings. The molecular formula is C14H16N2O2S. The van der Waals surface area contributed by atoms with Gasteiger partial charge in [-0.15, -0.1) is 11.3 Å². The molecule has 0 radical (unpaired) electrons. The Bertz CT molecular complexity index is 540. The molecule has 0 aliphatic carbocycles. The van der Waals surface area contributed by atoms with Crippen molar-refractivity contribution in [3.63, 3.8) is 0 Å². The van der Waals surface area contributed by atoms with E-state index >= 15 is 0 Å². The molecule has 0 spiro atoms. The second kappa shape index (κ2) is 6.33. The van der Waals surface area contributed by atoms with Crippen molar-refractivity contribution in [1.82, 2.24) is 9.88 Å². The van der Waals surface area contributed by atoms with Gasteiger partial charge in [0.2, 0.25) is 0 Å². The highest BCUT2D eigenvalue weighted by atomic mass is 32.1. The highest BCUT2D eigenvalue weighted by Gasteiger charge is 2.15. The predicted octanol–water partition coefficient (Wildman–Crippen LogP) is 2.81. The molecule has 0 atom stereocenters. The number of nitrogens with zero attached hydrogens (tertiary/aromatic N) is 2. The average molecular weight is 276 g/mol. The van der Waals surface area contributed by atoms with E-state index in [0.29, 0.717) is 18.8 Å². The van der Waals surface area contributed by atoms with Gasteiger partial charge in [-0.3, -0.25) is 4.79 Å². The van der Waals surface area contributed by atoms with Crippen molar-refractivity contribution in [3.05, 3.63) is 46.4 Å². The fourth-order valence-corrected chi connectivity index (χ4v) is 2.30. The van der Waals surface area contributed by atoms with Gasteiger partial charge >= 0.3 is 0 Å². The molecule has 100 valence electrons. The summed E-state index contributed by atoms with van der Waals surface area (Å²) in [7, 11) is 1.77. The fourth-order valence-electron chi connectivity index (χ4n) is 1.77. The maximum Gasteiger partial charge on any atom is 0.273 e. The fraction of sp³-hybridized carbons (Fsp3) is 0.286. The van der Waals surface area contributed by atoms with Gasteiger partial charge < -0.3 is 9.64 Å². The molecule has 0 aliphatic rings. The first-order valence-electron chi connectivity index (χ1n) is 6.06. The number of thiazole rings is 1. The Labute approximate surface area is 116 Å². The van der Waals surface area contributed by atoms with Crippen LogP contribution in [0.3, 0.4) is 0 Å². The van der Waals surface area contributed by atoms with Crippen molar-refractivity contribution in [3.8, 4) is 5.75 Å². The van der Waals surface area contributed by atoms with Crippen LogP contribution in [0.5, 0.6) is 5.75 Å². The van der Waals surface area contributed by atoms with Crippen molar-refractivity contribution >= 4 is 17.2 Å². The van der Waals surface area contributed by atoms with Crippen LogP contribution in [-0.4, -0.2) is 29.4 Å². The van der Waals surface area contributed by atoms with Crippen molar-refractivity contribution in [1.29, 1.82) is 0 Å². The number of para-hydroxylation sites is 1. The summed E-state index contributed by atoms with van der Waals surface area (Å²) in [6.07, 6.45) is 0. The third kappa shape index (κ3) is 3.32. The first-order chi connectivity index (χ1) is 9.22. The molecule has 19 heavy (non-hydrogen) atoms. The molecule has 1 heterocycles. The lowest BCUT2D eigenvalue weighted by Gasteiger charge is -2.18. The zero-order valence-electron chi connectivity index (χ0n) is 11.0. The van der Waals surface area contributed by atoms with Gasteiger partial charge in [0, 0.05) is 24.5 Å². The number of benzene rings is 1. The monoisotopic (exact) mass is 276 g/mol. The molecule has 1 amide bonds. The van der Waals surface area contributed by atoms with E-state index in [0.717, 1.165) is 11.3 Å². The second-order valence-electron chi connectivity index (χ2n) is 4.08. The molecule has 1 aromatic carbocycles. The smallest absolute Gasteiger partial charge is 0.273 e. The van der Waals surface area contributed by atoms with Gasteiger partial charge in [0.05, 0.1) is 12.1 Å². The molecule has 0 aliphatic heterocycles. The Kier molecular flexibility index (Phi) is 4.52. The summed E-state index contributed by atoms with van der Waals surface area (Å²) in [5.41, 5.74) is 3.15. The van der Waals surface area contributed by atoms with E-state index in [1.807, 2.05) is 31.2 Å². The van der Waals surface area contributed by atoms with E-state index in [4.69, 9.17) is 4.74 Å². The molecule has 2 rings (SSSR count). The SMILES string of the molecule is CCOc1ccccc1CN(C)C(=O)c1cscn1. The van der Waals surface area contributed by atoms with Gasteiger partial charge in [0.25, 0.3) is 5.91 Å². The predicted molar refractivity (Wildman–Crippen MR) is 75.5 cm³/mol. The molecule has 4 nitrogen and oxygen atoms in total. The van der Waals surface area contributed by atoms with Crippen LogP contribution < -0.4 is 4.74 Å². The zero-order valence-corrected chi connectivity index (χ0v) is 11.8. The maximum atomic E-state index is 12.1. The van der Waals surface area contributed by atoms with Crippen LogP contribution in [0.1, 0.15) is 23.0 Å². The molecule has 0 saturated heterocycles. The number of carbonyl (C=O) groups excluding carboxylic acids is 1. The largest absolute Gasteiger partial charge is 0.494 e. The van der Waals surface area contributed by atoms with Gasteiger partial charge in [0.15, 0.2) is 0 Å². The normalized spacial score (nSPS) is 10.2. The van der Waals surface area contributed by atoms with Gasteiger partial charge in [-0.25, -0.2) is 4.98 Å². The highest BCUT2D eigenvalue weighted by molar-refractivity contribution is 7.07. The Morgan fingerprint density at radius 2 is 2.21 bits per heavy atom. The lowest BCUT2D eigenvalue weighted by Crippen LogP contribution is -2.26. The Morgan fingerprint density at radius 1 is 1.42 bits per heavy atom. The molecular weight excluding hydrogens is 260 g/mol. The third-order valence-electron chi connectivity index (χ3n) is 2.68. The third-order valence-corrected chi connectivity index (χ3v) is 3.26. The van der Waals surface area contributed by atoms with E-state index in [2.05, 4.69) is 4.98 Å². The summed E-state index contributed by atoms with van der Waals surface area (Å²) in [5, 5.41) is 1.76. The van der Waals surface area contributed by atoms with Crippen LogP contribution in [0, 0.1) is 0 Å². The van der Waals surface area contributed by atoms with Crippen molar-refractivity contribution in [2.45, 2.75) is 13.5 Å². The van der Waals surface area contributed by atoms with Gasteiger partial charge in [-0.1, -0.05) is 18.2 Å². The van der Waals surface area contributed by atoms with E-state index in [9.17, 15) is 4.79 Å². The summed E-state index contributed by atoms with van der Waals surface area (Å²) < 4.78 is 5.56. The van der Waals surface area contributed by atoms with Crippen molar-refractivity contribution < 1.29 is 9.53 Å². The highest BCUT2D eigenvalue weighted by Crippen LogP contribution is 2.20. The minimum atomic E-state index is -0.0763. The molecule has 0 bridgehead atoms. The van der Waals surface area contributed by atoms with E-state index in [1.54, 1.807) is 22.8 Å². The van der Waals surface area contributed by atoms with E-state index in [-0.39, 0.29) is 5.91 Å². The number of hydrogen-bond donors (Lipinski definition) is 0. The maximum absolute atomic E-state index is 12.1. The Balaban J connectivity index is 2.10. The van der Waals surface area contributed by atoms with Crippen molar-refractivity contribution in [2.24, 2.45) is 0 Å². The van der Waals surface area contributed by atoms with Gasteiger partial charge in [-0.2, -0.15) is 0 Å². The standard InChI is InChI=1S/C14H16N2O2S/c1-3-18-13-7-5-4-6-11(13)8-16(2)14(17)12-9-19-10-15-12/h4-7,9-10H,3,8H2,1-2H3. The van der Waals surface area contributed by atoms with Crippen LogP contribution in [-0.2, 0) is 6.54 Å². The minimum absolute atomic E-state index is 0.0763. The first-order valence-corrected chi connectivity index (χ1v) is 7.01. The lowest BCUT2D eigenvalue weighted by molar-refractivity contribution is 0.0779. The topological polar surface area (TPSA) is 42.4 Å². The number of carbonyl (C=O) groups is 1. The van der Waals surface area contributed by atoms with E-state index in [1.165, 1.54) is 11.3 Å². The molecule has 0 N–H and O–H groups in total. The van der Waals surface area contributed by atoms with Gasteiger partial charge in [0.1, 0.15) is 11.4 Å². The number of ether oxygens (including phenoxy) is 1. The number of amides is 1. The summed E-state index contributed by atoms with van der Waals surface area (Å²) in [6, 6.07) is 7.76. The average Bonchev–Trinajstić information content (AvgIpc) is 2.94.